The maximum absolute atomic E-state index is 11.8. The molecule has 1 aliphatic rings. The highest BCUT2D eigenvalue weighted by Gasteiger charge is 2.36. The van der Waals surface area contributed by atoms with Gasteiger partial charge in [0.25, 0.3) is 0 Å². The molecule has 0 aromatic heterocycles. The monoisotopic (exact) mass is 330 g/mol. The highest BCUT2D eigenvalue weighted by molar-refractivity contribution is 9.10. The lowest BCUT2D eigenvalue weighted by Gasteiger charge is -2.29. The Morgan fingerprint density at radius 1 is 1.61 bits per heavy atom. The van der Waals surface area contributed by atoms with E-state index in [1.54, 1.807) is 13.0 Å². The number of nitrogens with two attached hydrogens (primary N) is 1. The van der Waals surface area contributed by atoms with Crippen molar-refractivity contribution >= 4 is 33.4 Å². The fourth-order valence-corrected chi connectivity index (χ4v) is 2.74. The van der Waals surface area contributed by atoms with Crippen LogP contribution in [0.25, 0.3) is 0 Å². The summed E-state index contributed by atoms with van der Waals surface area (Å²) in [5, 5.41) is 3.80. The molecule has 0 heterocycles. The molecule has 1 amide bonds. The quantitative estimate of drug-likeness (QED) is 0.871. The molecular formula is C13H16BrClN2O. The summed E-state index contributed by atoms with van der Waals surface area (Å²) in [6, 6.07) is 5.47. The second kappa shape index (κ2) is 5.19. The number of hydrogen-bond acceptors (Lipinski definition) is 2. The average Bonchev–Trinajstić information content (AvgIpc) is 3.09. The van der Waals surface area contributed by atoms with Crippen molar-refractivity contribution in [2.45, 2.75) is 25.3 Å². The summed E-state index contributed by atoms with van der Waals surface area (Å²) in [6.07, 6.45) is 2.44. The van der Waals surface area contributed by atoms with Gasteiger partial charge in [-0.15, -0.1) is 0 Å². The smallest absolute Gasteiger partial charge is 0.242 e. The largest absolute Gasteiger partial charge is 0.368 e. The van der Waals surface area contributed by atoms with E-state index in [0.29, 0.717) is 10.9 Å². The van der Waals surface area contributed by atoms with Crippen LogP contribution >= 0.6 is 27.5 Å². The molecule has 1 aromatic carbocycles. The molecule has 1 unspecified atom stereocenters. The summed E-state index contributed by atoms with van der Waals surface area (Å²) in [4.78, 5) is 11.8. The zero-order valence-electron chi connectivity index (χ0n) is 10.2. The first kappa shape index (κ1) is 13.8. The van der Waals surface area contributed by atoms with Crippen LogP contribution in [0.3, 0.4) is 0 Å². The molecule has 5 heteroatoms. The van der Waals surface area contributed by atoms with Gasteiger partial charge in [0.15, 0.2) is 0 Å². The maximum atomic E-state index is 11.8. The van der Waals surface area contributed by atoms with E-state index in [0.717, 1.165) is 16.6 Å². The van der Waals surface area contributed by atoms with Crippen molar-refractivity contribution < 1.29 is 4.79 Å². The van der Waals surface area contributed by atoms with Crippen LogP contribution in [0.15, 0.2) is 22.7 Å². The van der Waals surface area contributed by atoms with Crippen molar-refractivity contribution in [2.75, 3.05) is 6.54 Å². The molecule has 1 aliphatic carbocycles. The molecule has 1 fully saturated rings. The predicted octanol–water partition coefficient (Wildman–Crippen LogP) is 2.80. The van der Waals surface area contributed by atoms with Crippen LogP contribution in [-0.4, -0.2) is 12.5 Å². The SMILES string of the molecule is CC(NCC1CC1)(C(N)=O)c1ccc(Br)cc1Cl. The molecule has 98 valence electrons. The van der Waals surface area contributed by atoms with Crippen molar-refractivity contribution in [2.24, 2.45) is 11.7 Å². The van der Waals surface area contributed by atoms with Gasteiger partial charge in [0.05, 0.1) is 0 Å². The molecule has 0 spiro atoms. The summed E-state index contributed by atoms with van der Waals surface area (Å²) in [6.45, 7) is 2.58. The molecule has 1 atom stereocenters. The number of amides is 1. The molecule has 3 nitrogen and oxygen atoms in total. The lowest BCUT2D eigenvalue weighted by atomic mass is 9.91. The molecular weight excluding hydrogens is 316 g/mol. The van der Waals surface area contributed by atoms with Crippen molar-refractivity contribution in [1.82, 2.24) is 5.32 Å². The number of carbonyl (C=O) groups excluding carboxylic acids is 1. The normalized spacial score (nSPS) is 18.4. The minimum Gasteiger partial charge on any atom is -0.368 e. The number of halogens is 2. The molecule has 0 bridgehead atoms. The Morgan fingerprint density at radius 2 is 2.28 bits per heavy atom. The lowest BCUT2D eigenvalue weighted by molar-refractivity contribution is -0.124. The van der Waals surface area contributed by atoms with Gasteiger partial charge in [-0.3, -0.25) is 10.1 Å². The fraction of sp³-hybridized carbons (Fsp3) is 0.462. The third-order valence-corrected chi connectivity index (χ3v) is 4.21. The van der Waals surface area contributed by atoms with Gasteiger partial charge in [0.2, 0.25) is 5.91 Å². The average molecular weight is 332 g/mol. The van der Waals surface area contributed by atoms with Gasteiger partial charge in [0, 0.05) is 9.50 Å². The van der Waals surface area contributed by atoms with Gasteiger partial charge in [-0.2, -0.15) is 0 Å². The molecule has 2 rings (SSSR count). The van der Waals surface area contributed by atoms with Crippen LogP contribution < -0.4 is 11.1 Å². The van der Waals surface area contributed by atoms with Crippen molar-refractivity contribution in [3.8, 4) is 0 Å². The minimum atomic E-state index is -0.916. The second-order valence-electron chi connectivity index (χ2n) is 4.94. The zero-order chi connectivity index (χ0) is 13.3. The molecule has 0 saturated heterocycles. The van der Waals surface area contributed by atoms with Crippen LogP contribution in [0.1, 0.15) is 25.3 Å². The molecule has 3 N–H and O–H groups in total. The Hall–Kier alpha value is -0.580. The van der Waals surface area contributed by atoms with E-state index in [9.17, 15) is 4.79 Å². The lowest BCUT2D eigenvalue weighted by Crippen LogP contribution is -2.51. The summed E-state index contributed by atoms with van der Waals surface area (Å²) in [7, 11) is 0. The Balaban J connectivity index is 2.29. The topological polar surface area (TPSA) is 55.1 Å². The van der Waals surface area contributed by atoms with E-state index in [-0.39, 0.29) is 0 Å². The number of nitrogens with one attached hydrogen (secondary N) is 1. The summed E-state index contributed by atoms with van der Waals surface area (Å²) in [5.41, 5.74) is 5.35. The molecule has 1 saturated carbocycles. The van der Waals surface area contributed by atoms with Crippen molar-refractivity contribution in [3.63, 3.8) is 0 Å². The van der Waals surface area contributed by atoms with Gasteiger partial charge in [-0.1, -0.05) is 33.6 Å². The van der Waals surface area contributed by atoms with Gasteiger partial charge < -0.3 is 5.73 Å². The molecule has 18 heavy (non-hydrogen) atoms. The van der Waals surface area contributed by atoms with Gasteiger partial charge in [0.1, 0.15) is 5.54 Å². The Bertz CT molecular complexity index is 476. The number of hydrogen-bond donors (Lipinski definition) is 2. The predicted molar refractivity (Wildman–Crippen MR) is 76.4 cm³/mol. The van der Waals surface area contributed by atoms with Gasteiger partial charge in [-0.05, 0) is 49.9 Å². The summed E-state index contributed by atoms with van der Waals surface area (Å²) in [5.74, 6) is 0.255. The van der Waals surface area contributed by atoms with E-state index in [2.05, 4.69) is 21.2 Å². The van der Waals surface area contributed by atoms with Gasteiger partial charge in [-0.25, -0.2) is 0 Å². The highest BCUT2D eigenvalue weighted by Crippen LogP contribution is 2.33. The standard InChI is InChI=1S/C13H16BrClN2O/c1-13(12(16)18,17-7-8-2-3-8)10-5-4-9(14)6-11(10)15/h4-6,8,17H,2-3,7H2,1H3,(H2,16,18). The first-order valence-electron chi connectivity index (χ1n) is 5.94. The third-order valence-electron chi connectivity index (χ3n) is 3.40. The fourth-order valence-electron chi connectivity index (χ4n) is 1.88. The Morgan fingerprint density at radius 3 is 2.78 bits per heavy atom. The zero-order valence-corrected chi connectivity index (χ0v) is 12.5. The van der Waals surface area contributed by atoms with Crippen LogP contribution in [0, 0.1) is 5.92 Å². The van der Waals surface area contributed by atoms with Crippen LogP contribution in [-0.2, 0) is 10.3 Å². The Kier molecular flexibility index (Phi) is 3.99. The van der Waals surface area contributed by atoms with E-state index >= 15 is 0 Å². The van der Waals surface area contributed by atoms with Crippen LogP contribution in [0.5, 0.6) is 0 Å². The first-order valence-corrected chi connectivity index (χ1v) is 7.11. The number of benzene rings is 1. The first-order chi connectivity index (χ1) is 8.43. The van der Waals surface area contributed by atoms with Crippen molar-refractivity contribution in [1.29, 1.82) is 0 Å². The summed E-state index contributed by atoms with van der Waals surface area (Å²) >= 11 is 9.56. The van der Waals surface area contributed by atoms with Crippen LogP contribution in [0.2, 0.25) is 5.02 Å². The molecule has 0 radical (unpaired) electrons. The van der Waals surface area contributed by atoms with E-state index in [1.165, 1.54) is 12.8 Å². The number of rotatable bonds is 5. The van der Waals surface area contributed by atoms with E-state index < -0.39 is 11.4 Å². The third kappa shape index (κ3) is 2.87. The van der Waals surface area contributed by atoms with Gasteiger partial charge >= 0.3 is 0 Å². The molecule has 0 aliphatic heterocycles. The van der Waals surface area contributed by atoms with Crippen LogP contribution in [0.4, 0.5) is 0 Å². The second-order valence-corrected chi connectivity index (χ2v) is 6.26. The van der Waals surface area contributed by atoms with E-state index in [4.69, 9.17) is 17.3 Å². The number of primary amides is 1. The van der Waals surface area contributed by atoms with E-state index in [1.807, 2.05) is 12.1 Å². The summed E-state index contributed by atoms with van der Waals surface area (Å²) < 4.78 is 0.880. The Labute approximate surface area is 120 Å². The maximum Gasteiger partial charge on any atom is 0.242 e. The minimum absolute atomic E-state index is 0.410. The highest BCUT2D eigenvalue weighted by atomic mass is 79.9. The molecule has 1 aromatic rings. The van der Waals surface area contributed by atoms with Crippen molar-refractivity contribution in [3.05, 3.63) is 33.3 Å². The number of carbonyl (C=O) groups is 1.